The molecule has 5 atom stereocenters. The molecule has 0 aromatic carbocycles. The minimum absolute atomic E-state index is 0.000712. The van der Waals surface area contributed by atoms with Crippen LogP contribution in [-0.2, 0) is 23.7 Å². The van der Waals surface area contributed by atoms with Crippen molar-refractivity contribution in [3.8, 4) is 0 Å². The predicted octanol–water partition coefficient (Wildman–Crippen LogP) is 1.49. The lowest BCUT2D eigenvalue weighted by Crippen LogP contribution is -2.52. The Balaban J connectivity index is 1.89. The second-order valence-electron chi connectivity index (χ2n) is 6.35. The van der Waals surface area contributed by atoms with Crippen molar-refractivity contribution in [2.45, 2.75) is 57.2 Å². The minimum Gasteiger partial charge on any atom is -0.469 e. The van der Waals surface area contributed by atoms with Gasteiger partial charge in [0.25, 0.3) is 0 Å². The number of rotatable bonds is 2. The average molecular weight is 270 g/mol. The minimum atomic E-state index is -0.601. The third kappa shape index (κ3) is 1.75. The number of esters is 1. The second kappa shape index (κ2) is 4.17. The van der Waals surface area contributed by atoms with Gasteiger partial charge in [0, 0.05) is 12.5 Å². The zero-order valence-corrected chi connectivity index (χ0v) is 12.0. The molecule has 19 heavy (non-hydrogen) atoms. The van der Waals surface area contributed by atoms with Gasteiger partial charge in [-0.1, -0.05) is 0 Å². The smallest absolute Gasteiger partial charge is 0.309 e. The fourth-order valence-corrected chi connectivity index (χ4v) is 4.07. The van der Waals surface area contributed by atoms with E-state index in [1.165, 1.54) is 7.11 Å². The van der Waals surface area contributed by atoms with Crippen molar-refractivity contribution < 1.29 is 23.7 Å². The Morgan fingerprint density at radius 3 is 2.53 bits per heavy atom. The Morgan fingerprint density at radius 2 is 2.00 bits per heavy atom. The van der Waals surface area contributed by atoms with E-state index >= 15 is 0 Å². The quantitative estimate of drug-likeness (QED) is 0.712. The Bertz CT molecular complexity index is 393. The molecule has 5 nitrogen and oxygen atoms in total. The summed E-state index contributed by atoms with van der Waals surface area (Å²) in [6, 6.07) is 0. The highest BCUT2D eigenvalue weighted by Crippen LogP contribution is 2.62. The lowest BCUT2D eigenvalue weighted by molar-refractivity contribution is -0.200. The summed E-state index contributed by atoms with van der Waals surface area (Å²) in [6.45, 7) is 3.83. The van der Waals surface area contributed by atoms with Gasteiger partial charge in [0.05, 0.1) is 25.2 Å². The summed E-state index contributed by atoms with van der Waals surface area (Å²) in [5.41, 5.74) is -0.161. The molecule has 3 rings (SSSR count). The van der Waals surface area contributed by atoms with E-state index in [2.05, 4.69) is 0 Å². The first-order valence-electron chi connectivity index (χ1n) is 6.90. The summed E-state index contributed by atoms with van der Waals surface area (Å²) < 4.78 is 22.5. The molecule has 1 heterocycles. The molecule has 0 aromatic rings. The van der Waals surface area contributed by atoms with Crippen LogP contribution in [0.3, 0.4) is 0 Å². The van der Waals surface area contributed by atoms with Crippen molar-refractivity contribution in [1.82, 2.24) is 0 Å². The molecule has 1 spiro atoms. The fourth-order valence-electron chi connectivity index (χ4n) is 4.07. The number of carbonyl (C=O) groups is 1. The molecule has 0 aromatic heterocycles. The Morgan fingerprint density at radius 1 is 1.26 bits per heavy atom. The van der Waals surface area contributed by atoms with E-state index in [4.69, 9.17) is 18.9 Å². The van der Waals surface area contributed by atoms with E-state index in [1.54, 1.807) is 7.11 Å². The zero-order valence-electron chi connectivity index (χ0n) is 12.0. The number of carbonyl (C=O) groups excluding carboxylic acids is 1. The first-order valence-corrected chi connectivity index (χ1v) is 6.90. The van der Waals surface area contributed by atoms with Gasteiger partial charge in [0.2, 0.25) is 0 Å². The first-order chi connectivity index (χ1) is 8.93. The van der Waals surface area contributed by atoms with E-state index in [-0.39, 0.29) is 35.6 Å². The summed E-state index contributed by atoms with van der Waals surface area (Å²) in [6.07, 6.45) is 2.52. The van der Waals surface area contributed by atoms with Crippen LogP contribution in [0.4, 0.5) is 0 Å². The monoisotopic (exact) mass is 270 g/mol. The Labute approximate surface area is 113 Å². The van der Waals surface area contributed by atoms with Gasteiger partial charge >= 0.3 is 5.97 Å². The number of hydrogen-bond acceptors (Lipinski definition) is 5. The maximum absolute atomic E-state index is 11.9. The van der Waals surface area contributed by atoms with Gasteiger partial charge in [0.15, 0.2) is 5.79 Å². The third-order valence-electron chi connectivity index (χ3n) is 5.02. The maximum Gasteiger partial charge on any atom is 0.309 e. The Hall–Kier alpha value is -0.650. The van der Waals surface area contributed by atoms with E-state index < -0.39 is 5.79 Å². The number of hydrogen-bond donors (Lipinski definition) is 0. The van der Waals surface area contributed by atoms with E-state index in [9.17, 15) is 4.79 Å². The fraction of sp³-hybridized carbons (Fsp3) is 0.929. The number of ether oxygens (including phenoxy) is 4. The number of methoxy groups -OCH3 is 2. The molecule has 3 aliphatic rings. The van der Waals surface area contributed by atoms with Gasteiger partial charge in [-0.3, -0.25) is 4.79 Å². The molecular weight excluding hydrogens is 248 g/mol. The van der Waals surface area contributed by atoms with E-state index in [0.717, 1.165) is 19.3 Å². The van der Waals surface area contributed by atoms with Gasteiger partial charge in [-0.15, -0.1) is 0 Å². The molecule has 108 valence electrons. The molecule has 0 amide bonds. The first kappa shape index (κ1) is 13.3. The summed E-state index contributed by atoms with van der Waals surface area (Å²) >= 11 is 0. The van der Waals surface area contributed by atoms with Crippen molar-refractivity contribution in [2.75, 3.05) is 14.2 Å². The summed E-state index contributed by atoms with van der Waals surface area (Å²) in [5.74, 6) is -0.812. The normalized spacial score (nSPS) is 46.9. The molecular formula is C14H22O5. The van der Waals surface area contributed by atoms with Crippen LogP contribution in [0.25, 0.3) is 0 Å². The zero-order chi connectivity index (χ0) is 13.8. The van der Waals surface area contributed by atoms with Crippen molar-refractivity contribution in [1.29, 1.82) is 0 Å². The largest absolute Gasteiger partial charge is 0.469 e. The van der Waals surface area contributed by atoms with Crippen LogP contribution in [0, 0.1) is 11.3 Å². The third-order valence-corrected chi connectivity index (χ3v) is 5.02. The predicted molar refractivity (Wildman–Crippen MR) is 66.4 cm³/mol. The maximum atomic E-state index is 11.9. The van der Waals surface area contributed by atoms with Crippen LogP contribution in [0.2, 0.25) is 0 Å². The molecule has 5 heteroatoms. The van der Waals surface area contributed by atoms with Crippen LogP contribution in [0.15, 0.2) is 0 Å². The van der Waals surface area contributed by atoms with Crippen LogP contribution >= 0.6 is 0 Å². The number of fused-ring (bicyclic) bond motifs is 2. The molecule has 1 saturated heterocycles. The van der Waals surface area contributed by atoms with Crippen LogP contribution in [-0.4, -0.2) is 44.3 Å². The SMILES string of the molecule is COC(=O)[C@@H]1CC[C@@]12C[C@@H](OC)C1OC(C)(C)O[C@H]12. The van der Waals surface area contributed by atoms with E-state index in [1.807, 2.05) is 13.8 Å². The highest BCUT2D eigenvalue weighted by Gasteiger charge is 2.68. The molecule has 0 bridgehead atoms. The molecule has 0 radical (unpaired) electrons. The van der Waals surface area contributed by atoms with Crippen molar-refractivity contribution in [2.24, 2.45) is 11.3 Å². The standard InChI is InChI=1S/C14H22O5/c1-13(2)18-10-9(16-3)7-14(11(10)19-13)6-5-8(14)12(15)17-4/h8-11H,5-7H2,1-4H3/t8-,9+,10?,11+,14+/m0/s1. The highest BCUT2D eigenvalue weighted by atomic mass is 16.8. The van der Waals surface area contributed by atoms with Gasteiger partial charge in [-0.25, -0.2) is 0 Å². The molecule has 1 unspecified atom stereocenters. The van der Waals surface area contributed by atoms with Crippen LogP contribution in [0.5, 0.6) is 0 Å². The molecule has 2 saturated carbocycles. The topological polar surface area (TPSA) is 54.0 Å². The lowest BCUT2D eigenvalue weighted by Gasteiger charge is -2.48. The van der Waals surface area contributed by atoms with Gasteiger partial charge in [-0.2, -0.15) is 0 Å². The van der Waals surface area contributed by atoms with Crippen molar-refractivity contribution >= 4 is 5.97 Å². The van der Waals surface area contributed by atoms with Gasteiger partial charge < -0.3 is 18.9 Å². The average Bonchev–Trinajstić information content (AvgIpc) is 2.79. The molecule has 0 N–H and O–H groups in total. The second-order valence-corrected chi connectivity index (χ2v) is 6.35. The summed E-state index contributed by atoms with van der Waals surface area (Å²) in [5, 5.41) is 0. The van der Waals surface area contributed by atoms with Crippen molar-refractivity contribution in [3.63, 3.8) is 0 Å². The van der Waals surface area contributed by atoms with Gasteiger partial charge in [0.1, 0.15) is 6.10 Å². The molecule has 3 fully saturated rings. The van der Waals surface area contributed by atoms with E-state index in [0.29, 0.717) is 0 Å². The van der Waals surface area contributed by atoms with Crippen molar-refractivity contribution in [3.05, 3.63) is 0 Å². The highest BCUT2D eigenvalue weighted by molar-refractivity contribution is 5.75. The van der Waals surface area contributed by atoms with Crippen LogP contribution in [0.1, 0.15) is 33.1 Å². The summed E-state index contributed by atoms with van der Waals surface area (Å²) in [7, 11) is 3.14. The molecule has 2 aliphatic carbocycles. The van der Waals surface area contributed by atoms with Gasteiger partial charge in [-0.05, 0) is 33.1 Å². The lowest BCUT2D eigenvalue weighted by atomic mass is 9.57. The summed E-state index contributed by atoms with van der Waals surface area (Å²) in [4.78, 5) is 11.9. The van der Waals surface area contributed by atoms with Crippen LogP contribution < -0.4 is 0 Å². The Kier molecular flexibility index (Phi) is 2.93. The molecule has 1 aliphatic heterocycles.